The van der Waals surface area contributed by atoms with Gasteiger partial charge in [-0.3, -0.25) is 9.69 Å². The van der Waals surface area contributed by atoms with Crippen LogP contribution in [0.4, 0.5) is 10.5 Å². The molecule has 2 heterocycles. The monoisotopic (exact) mass is 441 g/mol. The number of nitrogens with one attached hydrogen (secondary N) is 2. The fourth-order valence-electron chi connectivity index (χ4n) is 3.39. The highest BCUT2D eigenvalue weighted by molar-refractivity contribution is 9.10. The van der Waals surface area contributed by atoms with Gasteiger partial charge in [0.15, 0.2) is 0 Å². The van der Waals surface area contributed by atoms with Gasteiger partial charge in [0, 0.05) is 21.1 Å². The Bertz CT molecular complexity index is 1080. The van der Waals surface area contributed by atoms with E-state index in [9.17, 15) is 9.59 Å². The number of ether oxygens (including phenoxy) is 1. The molecule has 28 heavy (non-hydrogen) atoms. The molecule has 0 spiro atoms. The zero-order chi connectivity index (χ0) is 19.8. The van der Waals surface area contributed by atoms with Crippen LogP contribution in [0.5, 0.6) is 0 Å². The van der Waals surface area contributed by atoms with Crippen LogP contribution in [0.2, 0.25) is 0 Å². The van der Waals surface area contributed by atoms with Gasteiger partial charge in [0.25, 0.3) is 5.91 Å². The molecule has 1 atom stereocenters. The first kappa shape index (κ1) is 18.6. The Labute approximate surface area is 171 Å². The number of cyclic esters (lactones) is 1. The first-order valence-corrected chi connectivity index (χ1v) is 9.86. The third kappa shape index (κ3) is 3.38. The first-order chi connectivity index (χ1) is 13.4. The van der Waals surface area contributed by atoms with Gasteiger partial charge in [0.05, 0.1) is 12.6 Å². The predicted molar refractivity (Wildman–Crippen MR) is 112 cm³/mol. The minimum absolute atomic E-state index is 0.176. The lowest BCUT2D eigenvalue weighted by Gasteiger charge is -2.18. The summed E-state index contributed by atoms with van der Waals surface area (Å²) in [5, 5.41) is 4.04. The van der Waals surface area contributed by atoms with Crippen LogP contribution in [0.25, 0.3) is 10.9 Å². The summed E-state index contributed by atoms with van der Waals surface area (Å²) in [6.07, 6.45) is -0.339. The van der Waals surface area contributed by atoms with E-state index in [1.807, 2.05) is 56.3 Å². The largest absolute Gasteiger partial charge is 0.447 e. The van der Waals surface area contributed by atoms with Crippen LogP contribution in [0.3, 0.4) is 0 Å². The van der Waals surface area contributed by atoms with Crippen molar-refractivity contribution in [3.8, 4) is 0 Å². The van der Waals surface area contributed by atoms with Crippen molar-refractivity contribution < 1.29 is 14.3 Å². The lowest BCUT2D eigenvalue weighted by Crippen LogP contribution is -2.27. The van der Waals surface area contributed by atoms with E-state index in [1.165, 1.54) is 0 Å². The lowest BCUT2D eigenvalue weighted by molar-refractivity contribution is 0.0935. The van der Waals surface area contributed by atoms with Crippen LogP contribution < -0.4 is 10.2 Å². The van der Waals surface area contributed by atoms with Gasteiger partial charge in [0.2, 0.25) is 0 Å². The zero-order valence-corrected chi connectivity index (χ0v) is 17.2. The molecule has 4 rings (SSSR count). The van der Waals surface area contributed by atoms with E-state index >= 15 is 0 Å². The van der Waals surface area contributed by atoms with Gasteiger partial charge < -0.3 is 15.0 Å². The van der Waals surface area contributed by atoms with Gasteiger partial charge in [0.1, 0.15) is 12.3 Å². The molecule has 6 nitrogen and oxygen atoms in total. The van der Waals surface area contributed by atoms with Gasteiger partial charge >= 0.3 is 6.09 Å². The molecule has 1 aliphatic rings. The third-order valence-electron chi connectivity index (χ3n) is 5.04. The number of carbonyl (C=O) groups excluding carboxylic acids is 2. The van der Waals surface area contributed by atoms with E-state index in [-0.39, 0.29) is 18.0 Å². The SMILES string of the molecule is Cc1c(Br)ccc2[nH]c(C(=O)NC(C)c3cccc(N4CCOC4=O)c3)cc12. The average Bonchev–Trinajstić information content (AvgIpc) is 3.31. The molecule has 7 heteroatoms. The summed E-state index contributed by atoms with van der Waals surface area (Å²) in [5.74, 6) is -0.176. The van der Waals surface area contributed by atoms with Crippen LogP contribution in [0, 0.1) is 6.92 Å². The molecule has 1 aliphatic heterocycles. The number of anilines is 1. The lowest BCUT2D eigenvalue weighted by atomic mass is 10.1. The number of hydrogen-bond donors (Lipinski definition) is 2. The molecule has 1 aromatic heterocycles. The van der Waals surface area contributed by atoms with E-state index in [2.05, 4.69) is 26.2 Å². The third-order valence-corrected chi connectivity index (χ3v) is 5.90. The molecule has 2 amide bonds. The number of carbonyl (C=O) groups is 2. The molecule has 2 aromatic carbocycles. The topological polar surface area (TPSA) is 74.4 Å². The Hall–Kier alpha value is -2.80. The number of nitrogens with zero attached hydrogens (tertiary/aromatic N) is 1. The van der Waals surface area contributed by atoms with Crippen molar-refractivity contribution in [3.63, 3.8) is 0 Å². The van der Waals surface area contributed by atoms with Gasteiger partial charge in [-0.25, -0.2) is 4.79 Å². The van der Waals surface area contributed by atoms with E-state index in [4.69, 9.17) is 4.74 Å². The molecule has 2 N–H and O–H groups in total. The van der Waals surface area contributed by atoms with Gasteiger partial charge in [-0.1, -0.05) is 28.1 Å². The molecule has 1 saturated heterocycles. The van der Waals surface area contributed by atoms with Crippen LogP contribution >= 0.6 is 15.9 Å². The normalized spacial score (nSPS) is 15.0. The quantitative estimate of drug-likeness (QED) is 0.616. The average molecular weight is 442 g/mol. The van der Waals surface area contributed by atoms with E-state index in [0.29, 0.717) is 18.8 Å². The summed E-state index contributed by atoms with van der Waals surface area (Å²) in [4.78, 5) is 29.3. The van der Waals surface area contributed by atoms with Crippen molar-refractivity contribution in [2.75, 3.05) is 18.1 Å². The molecule has 0 saturated carbocycles. The maximum absolute atomic E-state index is 12.7. The summed E-state index contributed by atoms with van der Waals surface area (Å²) >= 11 is 3.52. The standard InChI is InChI=1S/C21H20BrN3O3/c1-12-16-11-19(24-18(16)7-6-17(12)22)20(26)23-13(2)14-4-3-5-15(10-14)25-8-9-28-21(25)27/h3-7,10-11,13,24H,8-9H2,1-2H3,(H,23,26). The molecule has 0 radical (unpaired) electrons. The number of halogens is 1. The Morgan fingerprint density at radius 2 is 2.11 bits per heavy atom. The van der Waals surface area contributed by atoms with Crippen LogP contribution in [0.1, 0.15) is 34.6 Å². The summed E-state index contributed by atoms with van der Waals surface area (Å²) < 4.78 is 6.01. The fourth-order valence-corrected chi connectivity index (χ4v) is 3.74. The van der Waals surface area contributed by atoms with Crippen molar-refractivity contribution in [3.05, 3.63) is 63.8 Å². The Balaban J connectivity index is 1.53. The van der Waals surface area contributed by atoms with Crippen molar-refractivity contribution in [1.29, 1.82) is 0 Å². The number of benzene rings is 2. The maximum atomic E-state index is 12.7. The second-order valence-electron chi connectivity index (χ2n) is 6.87. The molecular formula is C21H20BrN3O3. The van der Waals surface area contributed by atoms with Gasteiger partial charge in [-0.15, -0.1) is 0 Å². The number of fused-ring (bicyclic) bond motifs is 1. The summed E-state index contributed by atoms with van der Waals surface area (Å²) in [6.45, 7) is 4.86. The molecule has 0 aliphatic carbocycles. The molecule has 144 valence electrons. The van der Waals surface area contributed by atoms with E-state index in [0.717, 1.165) is 32.2 Å². The molecule has 0 bridgehead atoms. The Kier molecular flexibility index (Phi) is 4.85. The zero-order valence-electron chi connectivity index (χ0n) is 15.6. The fraction of sp³-hybridized carbons (Fsp3) is 0.238. The summed E-state index contributed by atoms with van der Waals surface area (Å²) in [7, 11) is 0. The summed E-state index contributed by atoms with van der Waals surface area (Å²) in [5.41, 5.74) is 4.22. The first-order valence-electron chi connectivity index (χ1n) is 9.07. The van der Waals surface area contributed by atoms with Crippen molar-refractivity contribution in [2.24, 2.45) is 0 Å². The smallest absolute Gasteiger partial charge is 0.414 e. The number of hydrogen-bond acceptors (Lipinski definition) is 3. The van der Waals surface area contributed by atoms with Crippen molar-refractivity contribution >= 4 is 44.5 Å². The van der Waals surface area contributed by atoms with Crippen LogP contribution in [-0.2, 0) is 4.74 Å². The number of rotatable bonds is 4. The van der Waals surface area contributed by atoms with E-state index in [1.54, 1.807) is 4.90 Å². The van der Waals surface area contributed by atoms with E-state index < -0.39 is 0 Å². The van der Waals surface area contributed by atoms with Crippen molar-refractivity contribution in [1.82, 2.24) is 10.3 Å². The Morgan fingerprint density at radius 1 is 1.29 bits per heavy atom. The number of aromatic amines is 1. The number of H-pyrrole nitrogens is 1. The van der Waals surface area contributed by atoms with Gasteiger partial charge in [-0.05, 0) is 55.3 Å². The second kappa shape index (κ2) is 7.31. The highest BCUT2D eigenvalue weighted by Gasteiger charge is 2.24. The minimum atomic E-state index is -0.339. The predicted octanol–water partition coefficient (Wildman–Crippen LogP) is 4.69. The van der Waals surface area contributed by atoms with Gasteiger partial charge in [-0.2, -0.15) is 0 Å². The number of aryl methyl sites for hydroxylation is 1. The Morgan fingerprint density at radius 3 is 2.86 bits per heavy atom. The van der Waals surface area contributed by atoms with Crippen molar-refractivity contribution in [2.45, 2.75) is 19.9 Å². The highest BCUT2D eigenvalue weighted by Crippen LogP contribution is 2.27. The second-order valence-corrected chi connectivity index (χ2v) is 7.73. The maximum Gasteiger partial charge on any atom is 0.414 e. The molecular weight excluding hydrogens is 422 g/mol. The number of amides is 2. The number of aromatic nitrogens is 1. The summed E-state index contributed by atoms with van der Waals surface area (Å²) in [6, 6.07) is 13.1. The molecule has 3 aromatic rings. The minimum Gasteiger partial charge on any atom is -0.447 e. The molecule has 1 fully saturated rings. The van der Waals surface area contributed by atoms with Crippen LogP contribution in [-0.4, -0.2) is 30.1 Å². The molecule has 1 unspecified atom stereocenters. The van der Waals surface area contributed by atoms with Crippen LogP contribution in [0.15, 0.2) is 46.9 Å². The highest BCUT2D eigenvalue weighted by atomic mass is 79.9.